The van der Waals surface area contributed by atoms with E-state index in [0.29, 0.717) is 17.0 Å². The highest BCUT2D eigenvalue weighted by Crippen LogP contribution is 2.34. The van der Waals surface area contributed by atoms with E-state index in [1.54, 1.807) is 24.5 Å². The van der Waals surface area contributed by atoms with Gasteiger partial charge < -0.3 is 20.1 Å². The number of amides is 1. The predicted octanol–water partition coefficient (Wildman–Crippen LogP) is 4.13. The minimum atomic E-state index is -2.70. The highest BCUT2D eigenvalue weighted by atomic mass is 35.5. The lowest BCUT2D eigenvalue weighted by Gasteiger charge is -2.31. The third-order valence-electron chi connectivity index (χ3n) is 5.68. The molecule has 0 aliphatic carbocycles. The predicted molar refractivity (Wildman–Crippen MR) is 131 cm³/mol. The molecule has 2 aromatic heterocycles. The molecule has 0 atom stereocenters. The Balaban J connectivity index is 0.00000342. The van der Waals surface area contributed by atoms with E-state index in [1.165, 1.54) is 6.07 Å². The fourth-order valence-corrected chi connectivity index (χ4v) is 3.79. The maximum atomic E-state index is 14.0. The van der Waals surface area contributed by atoms with Gasteiger partial charge in [-0.3, -0.25) is 9.78 Å². The number of halogens is 3. The molecular weight excluding hydrogens is 478 g/mol. The Hall–Kier alpha value is -3.11. The maximum absolute atomic E-state index is 14.0. The zero-order valence-electron chi connectivity index (χ0n) is 19.8. The fraction of sp³-hybridized carbons (Fsp3) is 0.417. The number of aromatic nitrogens is 3. The summed E-state index contributed by atoms with van der Waals surface area (Å²) < 4.78 is 33.0. The molecule has 1 aliphatic heterocycles. The van der Waals surface area contributed by atoms with Crippen LogP contribution in [0.1, 0.15) is 54.8 Å². The van der Waals surface area contributed by atoms with Crippen LogP contribution in [0.5, 0.6) is 0 Å². The van der Waals surface area contributed by atoms with Gasteiger partial charge in [-0.2, -0.15) is 4.98 Å². The molecule has 35 heavy (non-hydrogen) atoms. The van der Waals surface area contributed by atoms with Gasteiger partial charge in [-0.1, -0.05) is 38.1 Å². The van der Waals surface area contributed by atoms with E-state index in [2.05, 4.69) is 30.7 Å². The van der Waals surface area contributed by atoms with Crippen molar-refractivity contribution >= 4 is 24.0 Å². The third-order valence-corrected chi connectivity index (χ3v) is 5.68. The molecule has 1 saturated heterocycles. The van der Waals surface area contributed by atoms with Crippen molar-refractivity contribution in [1.82, 2.24) is 25.8 Å². The van der Waals surface area contributed by atoms with Crippen LogP contribution in [0.15, 0.2) is 41.2 Å². The molecular formula is C24H29ClF2N6O2. The van der Waals surface area contributed by atoms with Crippen LogP contribution in [0.25, 0.3) is 11.1 Å². The molecule has 1 aliphatic rings. The van der Waals surface area contributed by atoms with E-state index < -0.39 is 12.3 Å². The molecule has 0 radical (unpaired) electrons. The number of carbonyl (C=O) groups is 1. The summed E-state index contributed by atoms with van der Waals surface area (Å²) in [7, 11) is 0. The molecule has 1 fully saturated rings. The van der Waals surface area contributed by atoms with Gasteiger partial charge in [-0.15, -0.1) is 12.4 Å². The average Bonchev–Trinajstić information content (AvgIpc) is 3.34. The van der Waals surface area contributed by atoms with Crippen molar-refractivity contribution in [1.29, 1.82) is 0 Å². The fourth-order valence-electron chi connectivity index (χ4n) is 3.79. The summed E-state index contributed by atoms with van der Waals surface area (Å²) in [6.45, 7) is 8.94. The van der Waals surface area contributed by atoms with Gasteiger partial charge >= 0.3 is 11.8 Å². The second kappa shape index (κ2) is 11.1. The highest BCUT2D eigenvalue weighted by Gasteiger charge is 2.24. The van der Waals surface area contributed by atoms with E-state index in [4.69, 9.17) is 4.52 Å². The number of alkyl halides is 2. The van der Waals surface area contributed by atoms with Crippen LogP contribution in [0.4, 0.5) is 14.5 Å². The molecule has 0 unspecified atom stereocenters. The quantitative estimate of drug-likeness (QED) is 0.519. The summed E-state index contributed by atoms with van der Waals surface area (Å²) >= 11 is 0. The van der Waals surface area contributed by atoms with Gasteiger partial charge in [0.15, 0.2) is 5.82 Å². The third kappa shape index (κ3) is 6.12. The minimum Gasteiger partial charge on any atom is -0.367 e. The first-order valence-electron chi connectivity index (χ1n) is 11.2. The van der Waals surface area contributed by atoms with Crippen LogP contribution in [0, 0.1) is 0 Å². The summed E-state index contributed by atoms with van der Waals surface area (Å²) in [5, 5.41) is 9.73. The second-order valence-corrected chi connectivity index (χ2v) is 9.20. The summed E-state index contributed by atoms with van der Waals surface area (Å²) in [5.74, 6) is -0.409. The number of benzene rings is 1. The van der Waals surface area contributed by atoms with E-state index in [0.717, 1.165) is 37.4 Å². The van der Waals surface area contributed by atoms with Crippen LogP contribution < -0.4 is 15.5 Å². The average molecular weight is 507 g/mol. The zero-order valence-corrected chi connectivity index (χ0v) is 20.7. The van der Waals surface area contributed by atoms with E-state index in [-0.39, 0.29) is 35.8 Å². The molecule has 8 nitrogen and oxygen atoms in total. The Morgan fingerprint density at radius 2 is 1.97 bits per heavy atom. The first kappa shape index (κ1) is 26.5. The SMILES string of the molecule is CC(C)(C)c1noc(C(=O)NCc2ccc(-c3ccncc3N3CCNCC3)cc2C(F)F)n1.Cl. The monoisotopic (exact) mass is 506 g/mol. The maximum Gasteiger partial charge on any atom is 0.315 e. The van der Waals surface area contributed by atoms with Gasteiger partial charge in [0.05, 0.1) is 11.9 Å². The van der Waals surface area contributed by atoms with Crippen LogP contribution in [-0.4, -0.2) is 47.2 Å². The van der Waals surface area contributed by atoms with Crippen molar-refractivity contribution in [3.63, 3.8) is 0 Å². The van der Waals surface area contributed by atoms with Crippen molar-refractivity contribution in [3.8, 4) is 11.1 Å². The highest BCUT2D eigenvalue weighted by molar-refractivity contribution is 5.89. The molecule has 4 rings (SSSR count). The number of nitrogens with one attached hydrogen (secondary N) is 2. The number of pyridine rings is 1. The lowest BCUT2D eigenvalue weighted by Crippen LogP contribution is -2.43. The van der Waals surface area contributed by atoms with Crippen LogP contribution in [0.3, 0.4) is 0 Å². The number of piperazine rings is 1. The van der Waals surface area contributed by atoms with Crippen LogP contribution >= 0.6 is 12.4 Å². The Morgan fingerprint density at radius 1 is 1.23 bits per heavy atom. The number of rotatable bonds is 6. The van der Waals surface area contributed by atoms with Crippen molar-refractivity contribution in [2.24, 2.45) is 0 Å². The smallest absolute Gasteiger partial charge is 0.315 e. The molecule has 3 heterocycles. The molecule has 3 aromatic rings. The Kier molecular flexibility index (Phi) is 8.39. The van der Waals surface area contributed by atoms with E-state index in [1.807, 2.05) is 26.8 Å². The summed E-state index contributed by atoms with van der Waals surface area (Å²) in [4.78, 5) is 23.0. The molecule has 0 saturated carbocycles. The lowest BCUT2D eigenvalue weighted by molar-refractivity contribution is 0.0905. The summed E-state index contributed by atoms with van der Waals surface area (Å²) in [6, 6.07) is 6.73. The summed E-state index contributed by atoms with van der Waals surface area (Å²) in [5.41, 5.74) is 2.23. The van der Waals surface area contributed by atoms with Gasteiger partial charge in [-0.25, -0.2) is 8.78 Å². The molecule has 0 spiro atoms. The van der Waals surface area contributed by atoms with E-state index >= 15 is 0 Å². The van der Waals surface area contributed by atoms with Crippen molar-refractivity contribution in [2.45, 2.75) is 39.2 Å². The molecule has 188 valence electrons. The first-order chi connectivity index (χ1) is 16.2. The first-order valence-corrected chi connectivity index (χ1v) is 11.2. The lowest BCUT2D eigenvalue weighted by atomic mass is 9.96. The Morgan fingerprint density at radius 3 is 2.63 bits per heavy atom. The van der Waals surface area contributed by atoms with Gasteiger partial charge in [0.25, 0.3) is 6.43 Å². The molecule has 2 N–H and O–H groups in total. The normalized spacial score (nSPS) is 14.1. The Bertz CT molecular complexity index is 1160. The number of hydrogen-bond donors (Lipinski definition) is 2. The molecule has 1 amide bonds. The van der Waals surface area contributed by atoms with Gasteiger partial charge in [0.2, 0.25) is 0 Å². The van der Waals surface area contributed by atoms with Gasteiger partial charge in [0, 0.05) is 55.5 Å². The van der Waals surface area contributed by atoms with Crippen LogP contribution in [0.2, 0.25) is 0 Å². The summed E-state index contributed by atoms with van der Waals surface area (Å²) in [6.07, 6.45) is 0.729. The van der Waals surface area contributed by atoms with E-state index in [9.17, 15) is 13.6 Å². The van der Waals surface area contributed by atoms with Gasteiger partial charge in [-0.05, 0) is 23.3 Å². The number of carbonyl (C=O) groups excluding carboxylic acids is 1. The van der Waals surface area contributed by atoms with Crippen molar-refractivity contribution < 1.29 is 18.1 Å². The zero-order chi connectivity index (χ0) is 24.3. The van der Waals surface area contributed by atoms with Crippen molar-refractivity contribution in [3.05, 3.63) is 59.5 Å². The molecule has 1 aromatic carbocycles. The van der Waals surface area contributed by atoms with Crippen molar-refractivity contribution in [2.75, 3.05) is 31.1 Å². The largest absolute Gasteiger partial charge is 0.367 e. The Labute approximate surface area is 208 Å². The standard InChI is InChI=1S/C24H28F2N6O2.ClH/c1-24(2,3)23-30-22(34-31-23)21(33)29-13-16-5-4-15(12-18(16)20(25)26)17-6-7-28-14-19(17)32-10-8-27-9-11-32;/h4-7,12,14,20,27H,8-11,13H2,1-3H3,(H,29,33);1H. The minimum absolute atomic E-state index is 0. The number of nitrogens with zero attached hydrogens (tertiary/aromatic N) is 4. The van der Waals surface area contributed by atoms with Crippen LogP contribution in [-0.2, 0) is 12.0 Å². The second-order valence-electron chi connectivity index (χ2n) is 9.20. The topological polar surface area (TPSA) is 96.2 Å². The molecule has 0 bridgehead atoms. The number of anilines is 1. The molecule has 11 heteroatoms. The van der Waals surface area contributed by atoms with Gasteiger partial charge in [0.1, 0.15) is 0 Å². The number of hydrogen-bond acceptors (Lipinski definition) is 7.